The summed E-state index contributed by atoms with van der Waals surface area (Å²) < 4.78 is 25.8. The quantitative estimate of drug-likeness (QED) is 0.0876. The smallest absolute Gasteiger partial charge is 0.407 e. The molecule has 1 aliphatic carbocycles. The number of hydrogen-bond acceptors (Lipinski definition) is 10. The first-order chi connectivity index (χ1) is 17.8. The average Bonchev–Trinajstić information content (AvgIpc) is 2.80. The molecule has 2 unspecified atom stereocenters. The molecule has 2 atom stereocenters. The predicted molar refractivity (Wildman–Crippen MR) is 141 cm³/mol. The highest BCUT2D eigenvalue weighted by atomic mass is 16.7. The molecule has 0 spiro atoms. The minimum absolute atomic E-state index is 0.0291. The van der Waals surface area contributed by atoms with Crippen molar-refractivity contribution in [2.75, 3.05) is 59.4 Å². The molecule has 1 fully saturated rings. The van der Waals surface area contributed by atoms with E-state index in [-0.39, 0.29) is 56.5 Å². The molecule has 1 amide bonds. The van der Waals surface area contributed by atoms with E-state index in [1.54, 1.807) is 13.8 Å². The maximum atomic E-state index is 12.3. The van der Waals surface area contributed by atoms with Crippen molar-refractivity contribution in [3.05, 3.63) is 24.3 Å². The maximum Gasteiger partial charge on any atom is 0.407 e. The predicted octanol–water partition coefficient (Wildman–Crippen LogP) is 3.09. The Hall–Kier alpha value is -2.47. The Morgan fingerprint density at radius 1 is 0.763 bits per heavy atom. The zero-order valence-corrected chi connectivity index (χ0v) is 23.7. The third-order valence-electron chi connectivity index (χ3n) is 5.78. The minimum Gasteiger partial charge on any atom is -0.460 e. The van der Waals surface area contributed by atoms with Gasteiger partial charge in [0.1, 0.15) is 19.8 Å². The lowest BCUT2D eigenvalue weighted by molar-refractivity contribution is -0.141. The van der Waals surface area contributed by atoms with Crippen molar-refractivity contribution in [3.8, 4) is 0 Å². The van der Waals surface area contributed by atoms with Crippen LogP contribution in [0.5, 0.6) is 0 Å². The molecule has 0 bridgehead atoms. The van der Waals surface area contributed by atoms with Crippen LogP contribution in [-0.2, 0) is 38.1 Å². The summed E-state index contributed by atoms with van der Waals surface area (Å²) in [5.74, 6) is -0.890. The summed E-state index contributed by atoms with van der Waals surface area (Å²) >= 11 is 0. The highest BCUT2D eigenvalue weighted by Crippen LogP contribution is 2.45. The first-order valence-corrected chi connectivity index (χ1v) is 12.9. The van der Waals surface area contributed by atoms with E-state index in [0.717, 1.165) is 19.3 Å². The fourth-order valence-corrected chi connectivity index (χ4v) is 4.51. The Morgan fingerprint density at radius 2 is 1.26 bits per heavy atom. The lowest BCUT2D eigenvalue weighted by Crippen LogP contribution is -2.50. The van der Waals surface area contributed by atoms with Crippen LogP contribution in [0.2, 0.25) is 0 Å². The Labute approximate surface area is 226 Å². The molecule has 0 aromatic heterocycles. The van der Waals surface area contributed by atoms with Gasteiger partial charge < -0.3 is 29.0 Å². The molecule has 2 N–H and O–H groups in total. The molecule has 0 aromatic carbocycles. The minimum atomic E-state index is -0.484. The number of ether oxygens (including phenoxy) is 5. The fourth-order valence-electron chi connectivity index (χ4n) is 4.51. The standard InChI is InChI=1S/C27H46N2O9/c1-20(2)23(30)35-12-8-33-10-14-37-25(32)29-22-16-26(5,6)18-27(7,17-22)19-28-38-15-11-34-9-13-36-24(31)21(3)4/h22,28H,1,3,8-19H2,2,4-7H3,(H,29,32). The van der Waals surface area contributed by atoms with Gasteiger partial charge in [-0.05, 0) is 43.9 Å². The van der Waals surface area contributed by atoms with Crippen LogP contribution in [0.3, 0.4) is 0 Å². The molecule has 0 aliphatic heterocycles. The molecule has 0 radical (unpaired) electrons. The number of carbonyl (C=O) groups is 3. The van der Waals surface area contributed by atoms with Crippen molar-refractivity contribution in [1.29, 1.82) is 0 Å². The Kier molecular flexibility index (Phi) is 15.2. The first-order valence-electron chi connectivity index (χ1n) is 12.9. The highest BCUT2D eigenvalue weighted by molar-refractivity contribution is 5.87. The monoisotopic (exact) mass is 542 g/mol. The molecule has 1 aliphatic rings. The topological polar surface area (TPSA) is 131 Å². The molecule has 11 heteroatoms. The summed E-state index contributed by atoms with van der Waals surface area (Å²) in [6, 6.07) is -0.0363. The van der Waals surface area contributed by atoms with Crippen LogP contribution in [0, 0.1) is 10.8 Å². The van der Waals surface area contributed by atoms with Gasteiger partial charge >= 0.3 is 18.0 Å². The number of carbonyl (C=O) groups excluding carboxylic acids is 3. The number of rotatable bonds is 18. The SMILES string of the molecule is C=C(C)C(=O)OCCOCCONCC1(C)CC(NC(=O)OCCOCCOC(=O)C(=C)C)CC(C)(C)C1. The van der Waals surface area contributed by atoms with Crippen molar-refractivity contribution >= 4 is 18.0 Å². The summed E-state index contributed by atoms with van der Waals surface area (Å²) in [5, 5.41) is 2.98. The fraction of sp³-hybridized carbons (Fsp3) is 0.741. The van der Waals surface area contributed by atoms with Crippen molar-refractivity contribution in [2.45, 2.75) is 59.9 Å². The molecular formula is C27H46N2O9. The van der Waals surface area contributed by atoms with Crippen LogP contribution in [0.15, 0.2) is 24.3 Å². The molecule has 0 heterocycles. The molecule has 1 saturated carbocycles. The van der Waals surface area contributed by atoms with Gasteiger partial charge in [-0.25, -0.2) is 19.9 Å². The molecular weight excluding hydrogens is 496 g/mol. The van der Waals surface area contributed by atoms with E-state index in [0.29, 0.717) is 30.9 Å². The molecule has 218 valence electrons. The van der Waals surface area contributed by atoms with E-state index in [1.807, 2.05) is 0 Å². The van der Waals surface area contributed by atoms with E-state index in [4.69, 9.17) is 28.5 Å². The number of esters is 2. The number of hydroxylamine groups is 1. The number of alkyl carbamates (subject to hydrolysis) is 1. The Bertz CT molecular complexity index is 799. The summed E-state index contributed by atoms with van der Waals surface area (Å²) in [6.45, 7) is 19.1. The maximum absolute atomic E-state index is 12.3. The zero-order chi connectivity index (χ0) is 28.6. The van der Waals surface area contributed by atoms with Gasteiger partial charge in [-0.3, -0.25) is 4.84 Å². The lowest BCUT2D eigenvalue weighted by atomic mass is 9.62. The van der Waals surface area contributed by atoms with E-state index in [2.05, 4.69) is 44.7 Å². The van der Waals surface area contributed by atoms with E-state index >= 15 is 0 Å². The van der Waals surface area contributed by atoms with Gasteiger partial charge in [-0.15, -0.1) is 0 Å². The van der Waals surface area contributed by atoms with Crippen molar-refractivity contribution in [3.63, 3.8) is 0 Å². The van der Waals surface area contributed by atoms with Gasteiger partial charge in [0, 0.05) is 23.7 Å². The van der Waals surface area contributed by atoms with E-state index in [9.17, 15) is 14.4 Å². The molecule has 38 heavy (non-hydrogen) atoms. The largest absolute Gasteiger partial charge is 0.460 e. The molecule has 11 nitrogen and oxygen atoms in total. The van der Waals surface area contributed by atoms with Crippen LogP contribution in [0.4, 0.5) is 4.79 Å². The van der Waals surface area contributed by atoms with Crippen LogP contribution < -0.4 is 10.8 Å². The van der Waals surface area contributed by atoms with Crippen molar-refractivity contribution in [2.24, 2.45) is 10.8 Å². The summed E-state index contributed by atoms with van der Waals surface area (Å²) in [5.41, 5.74) is 3.65. The van der Waals surface area contributed by atoms with Gasteiger partial charge in [0.15, 0.2) is 0 Å². The second kappa shape index (κ2) is 17.2. The molecule has 0 aromatic rings. The van der Waals surface area contributed by atoms with Gasteiger partial charge in [-0.2, -0.15) is 0 Å². The number of amides is 1. The normalized spacial score (nSPS) is 20.3. The first kappa shape index (κ1) is 33.6. The van der Waals surface area contributed by atoms with E-state index in [1.165, 1.54) is 0 Å². The Morgan fingerprint density at radius 3 is 1.79 bits per heavy atom. The van der Waals surface area contributed by atoms with Gasteiger partial charge in [0.25, 0.3) is 0 Å². The number of nitrogens with one attached hydrogen (secondary N) is 2. The zero-order valence-electron chi connectivity index (χ0n) is 23.7. The van der Waals surface area contributed by atoms with Crippen molar-refractivity contribution < 1.29 is 42.9 Å². The van der Waals surface area contributed by atoms with Crippen LogP contribution in [-0.4, -0.2) is 83.5 Å². The van der Waals surface area contributed by atoms with Crippen LogP contribution in [0.25, 0.3) is 0 Å². The number of hydrogen-bond donors (Lipinski definition) is 2. The highest BCUT2D eigenvalue weighted by Gasteiger charge is 2.41. The summed E-state index contributed by atoms with van der Waals surface area (Å²) in [7, 11) is 0. The summed E-state index contributed by atoms with van der Waals surface area (Å²) in [6.07, 6.45) is 2.10. The Balaban J connectivity index is 2.23. The second-order valence-electron chi connectivity index (χ2n) is 10.8. The van der Waals surface area contributed by atoms with Gasteiger partial charge in [0.2, 0.25) is 0 Å². The average molecular weight is 543 g/mol. The van der Waals surface area contributed by atoms with Crippen molar-refractivity contribution in [1.82, 2.24) is 10.8 Å². The van der Waals surface area contributed by atoms with Crippen LogP contribution >= 0.6 is 0 Å². The summed E-state index contributed by atoms with van der Waals surface area (Å²) in [4.78, 5) is 40.4. The van der Waals surface area contributed by atoms with Gasteiger partial charge in [-0.1, -0.05) is 33.9 Å². The molecule has 0 saturated heterocycles. The van der Waals surface area contributed by atoms with E-state index < -0.39 is 18.0 Å². The third kappa shape index (κ3) is 15.1. The van der Waals surface area contributed by atoms with Crippen LogP contribution in [0.1, 0.15) is 53.9 Å². The van der Waals surface area contributed by atoms with Gasteiger partial charge in [0.05, 0.1) is 33.0 Å². The second-order valence-corrected chi connectivity index (χ2v) is 10.8. The third-order valence-corrected chi connectivity index (χ3v) is 5.78. The lowest BCUT2D eigenvalue weighted by Gasteiger charge is -2.46. The molecule has 1 rings (SSSR count).